The van der Waals surface area contributed by atoms with Crippen molar-refractivity contribution in [2.24, 2.45) is 5.84 Å². The Morgan fingerprint density at radius 2 is 2.26 bits per heavy atom. The number of thiophene rings is 1. The van der Waals surface area contributed by atoms with Crippen LogP contribution in [0.4, 0.5) is 11.8 Å². The lowest BCUT2D eigenvalue weighted by Crippen LogP contribution is -2.12. The molecular formula is C11H12N6S2. The van der Waals surface area contributed by atoms with Gasteiger partial charge in [0.2, 0.25) is 5.95 Å². The Morgan fingerprint density at radius 1 is 1.37 bits per heavy atom. The highest BCUT2D eigenvalue weighted by atomic mass is 32.1. The van der Waals surface area contributed by atoms with E-state index in [9.17, 15) is 0 Å². The van der Waals surface area contributed by atoms with Gasteiger partial charge in [-0.3, -0.25) is 5.43 Å². The first-order valence-electron chi connectivity index (χ1n) is 5.63. The third kappa shape index (κ3) is 2.50. The fourth-order valence-electron chi connectivity index (χ4n) is 1.74. The van der Waals surface area contributed by atoms with E-state index in [0.29, 0.717) is 12.5 Å². The molecule has 0 aliphatic rings. The number of hydrogen-bond acceptors (Lipinski definition) is 8. The number of nitrogens with zero attached hydrogens (tertiary/aromatic N) is 3. The van der Waals surface area contributed by atoms with Gasteiger partial charge < -0.3 is 5.32 Å². The molecule has 0 aliphatic carbocycles. The summed E-state index contributed by atoms with van der Waals surface area (Å²) in [7, 11) is 0. The van der Waals surface area contributed by atoms with Gasteiger partial charge in [-0.25, -0.2) is 15.8 Å². The van der Waals surface area contributed by atoms with E-state index in [1.165, 1.54) is 4.88 Å². The maximum absolute atomic E-state index is 5.40. The number of fused-ring (bicyclic) bond motifs is 1. The molecule has 8 heteroatoms. The van der Waals surface area contributed by atoms with Crippen LogP contribution < -0.4 is 16.6 Å². The second kappa shape index (κ2) is 5.08. The van der Waals surface area contributed by atoms with E-state index in [0.717, 1.165) is 21.0 Å². The number of aryl methyl sites for hydroxylation is 1. The van der Waals surface area contributed by atoms with Gasteiger partial charge in [0.25, 0.3) is 0 Å². The predicted octanol–water partition coefficient (Wildman–Crippen LogP) is 2.35. The molecule has 6 nitrogen and oxygen atoms in total. The lowest BCUT2D eigenvalue weighted by atomic mass is 10.3. The summed E-state index contributed by atoms with van der Waals surface area (Å²) in [5.74, 6) is 6.59. The summed E-state index contributed by atoms with van der Waals surface area (Å²) in [6, 6.07) is 2.07. The number of aromatic nitrogens is 3. The minimum absolute atomic E-state index is 0.413. The quantitative estimate of drug-likeness (QED) is 0.505. The van der Waals surface area contributed by atoms with Crippen molar-refractivity contribution >= 4 is 44.7 Å². The maximum Gasteiger partial charge on any atom is 0.240 e. The Bertz CT molecular complexity index is 691. The molecular weight excluding hydrogens is 280 g/mol. The Hall–Kier alpha value is -1.77. The molecule has 0 bridgehead atoms. The van der Waals surface area contributed by atoms with Crippen LogP contribution in [0.2, 0.25) is 0 Å². The molecule has 3 rings (SSSR count). The van der Waals surface area contributed by atoms with Gasteiger partial charge in [-0.05, 0) is 13.0 Å². The van der Waals surface area contributed by atoms with Gasteiger partial charge in [-0.2, -0.15) is 4.98 Å². The molecule has 0 saturated heterocycles. The minimum Gasteiger partial charge on any atom is -0.363 e. The van der Waals surface area contributed by atoms with Gasteiger partial charge in [-0.1, -0.05) is 0 Å². The van der Waals surface area contributed by atoms with Crippen LogP contribution >= 0.6 is 22.7 Å². The largest absolute Gasteiger partial charge is 0.363 e. The first-order chi connectivity index (χ1) is 9.26. The number of nitrogens with one attached hydrogen (secondary N) is 2. The zero-order valence-corrected chi connectivity index (χ0v) is 11.8. The van der Waals surface area contributed by atoms with Crippen molar-refractivity contribution in [3.05, 3.63) is 27.5 Å². The summed E-state index contributed by atoms with van der Waals surface area (Å²) < 4.78 is 0. The molecule has 0 atom stereocenters. The highest BCUT2D eigenvalue weighted by molar-refractivity contribution is 7.18. The average Bonchev–Trinajstić information content (AvgIpc) is 3.03. The highest BCUT2D eigenvalue weighted by Crippen LogP contribution is 2.29. The third-order valence-electron chi connectivity index (χ3n) is 2.54. The SMILES string of the molecule is Cc1cc2c(NCc3nccs3)nc(NN)nc2s1. The number of rotatable bonds is 4. The zero-order valence-electron chi connectivity index (χ0n) is 10.2. The number of thiazole rings is 1. The number of hydrogen-bond donors (Lipinski definition) is 3. The maximum atomic E-state index is 5.40. The van der Waals surface area contributed by atoms with E-state index in [4.69, 9.17) is 5.84 Å². The summed E-state index contributed by atoms with van der Waals surface area (Å²) in [4.78, 5) is 15.0. The smallest absolute Gasteiger partial charge is 0.240 e. The standard InChI is InChI=1S/C11H12N6S2/c1-6-4-7-9(14-5-8-13-2-3-18-8)15-11(17-12)16-10(7)19-6/h2-4H,5,12H2,1H3,(H2,14,15,16,17). The topological polar surface area (TPSA) is 88.8 Å². The van der Waals surface area contributed by atoms with Crippen LogP contribution in [0.15, 0.2) is 17.6 Å². The van der Waals surface area contributed by atoms with Gasteiger partial charge in [0.15, 0.2) is 0 Å². The second-order valence-corrected chi connectivity index (χ2v) is 6.11. The molecule has 19 heavy (non-hydrogen) atoms. The Labute approximate surface area is 117 Å². The fourth-order valence-corrected chi connectivity index (χ4v) is 3.18. The Kier molecular flexibility index (Phi) is 3.28. The molecule has 0 aliphatic heterocycles. The molecule has 3 aromatic heterocycles. The summed E-state index contributed by atoms with van der Waals surface area (Å²) >= 11 is 3.23. The van der Waals surface area contributed by atoms with Crippen molar-refractivity contribution in [2.45, 2.75) is 13.5 Å². The Balaban J connectivity index is 1.96. The number of hydrazine groups is 1. The van der Waals surface area contributed by atoms with Crippen molar-refractivity contribution in [1.29, 1.82) is 0 Å². The van der Waals surface area contributed by atoms with Crippen molar-refractivity contribution in [3.63, 3.8) is 0 Å². The van der Waals surface area contributed by atoms with Crippen LogP contribution in [0.25, 0.3) is 10.2 Å². The summed E-state index contributed by atoms with van der Waals surface area (Å²) in [6.45, 7) is 2.69. The van der Waals surface area contributed by atoms with Crippen molar-refractivity contribution < 1.29 is 0 Å². The van der Waals surface area contributed by atoms with E-state index >= 15 is 0 Å². The monoisotopic (exact) mass is 292 g/mol. The number of nitrogen functional groups attached to an aromatic ring is 1. The molecule has 3 heterocycles. The van der Waals surface area contributed by atoms with Gasteiger partial charge in [0, 0.05) is 16.5 Å². The van der Waals surface area contributed by atoms with Crippen LogP contribution in [-0.2, 0) is 6.54 Å². The molecule has 0 spiro atoms. The molecule has 0 fully saturated rings. The van der Waals surface area contributed by atoms with Crippen molar-refractivity contribution in [1.82, 2.24) is 15.0 Å². The van der Waals surface area contributed by atoms with Crippen LogP contribution in [-0.4, -0.2) is 15.0 Å². The second-order valence-electron chi connectivity index (χ2n) is 3.90. The fraction of sp³-hybridized carbons (Fsp3) is 0.182. The molecule has 0 radical (unpaired) electrons. The third-order valence-corrected chi connectivity index (χ3v) is 4.26. The van der Waals surface area contributed by atoms with Gasteiger partial charge in [0.1, 0.15) is 15.7 Å². The molecule has 3 aromatic rings. The van der Waals surface area contributed by atoms with E-state index in [-0.39, 0.29) is 0 Å². The van der Waals surface area contributed by atoms with E-state index < -0.39 is 0 Å². The zero-order chi connectivity index (χ0) is 13.2. The van der Waals surface area contributed by atoms with Gasteiger partial charge >= 0.3 is 0 Å². The molecule has 98 valence electrons. The first kappa shape index (κ1) is 12.3. The summed E-state index contributed by atoms with van der Waals surface area (Å²) in [5, 5.41) is 7.27. The molecule has 0 unspecified atom stereocenters. The van der Waals surface area contributed by atoms with Gasteiger partial charge in [-0.15, -0.1) is 22.7 Å². The van der Waals surface area contributed by atoms with E-state index in [1.54, 1.807) is 28.9 Å². The number of nitrogens with two attached hydrogens (primary N) is 1. The summed E-state index contributed by atoms with van der Waals surface area (Å²) in [5.41, 5.74) is 2.49. The average molecular weight is 292 g/mol. The van der Waals surface area contributed by atoms with Gasteiger partial charge in [0.05, 0.1) is 11.9 Å². The lowest BCUT2D eigenvalue weighted by Gasteiger charge is -2.06. The summed E-state index contributed by atoms with van der Waals surface area (Å²) in [6.07, 6.45) is 1.79. The molecule has 4 N–H and O–H groups in total. The number of anilines is 2. The highest BCUT2D eigenvalue weighted by Gasteiger charge is 2.10. The first-order valence-corrected chi connectivity index (χ1v) is 7.33. The minimum atomic E-state index is 0.413. The van der Waals surface area contributed by atoms with Crippen LogP contribution in [0.3, 0.4) is 0 Å². The van der Waals surface area contributed by atoms with Crippen LogP contribution in [0, 0.1) is 6.92 Å². The van der Waals surface area contributed by atoms with Crippen molar-refractivity contribution in [2.75, 3.05) is 10.7 Å². The van der Waals surface area contributed by atoms with Crippen LogP contribution in [0.1, 0.15) is 9.88 Å². The Morgan fingerprint density at radius 3 is 3.00 bits per heavy atom. The van der Waals surface area contributed by atoms with E-state index in [1.807, 2.05) is 12.3 Å². The van der Waals surface area contributed by atoms with Crippen molar-refractivity contribution in [3.8, 4) is 0 Å². The normalized spacial score (nSPS) is 10.8. The molecule has 0 saturated carbocycles. The molecule has 0 amide bonds. The lowest BCUT2D eigenvalue weighted by molar-refractivity contribution is 1.07. The molecule has 0 aromatic carbocycles. The van der Waals surface area contributed by atoms with Crippen LogP contribution in [0.5, 0.6) is 0 Å². The predicted molar refractivity (Wildman–Crippen MR) is 79.4 cm³/mol. The van der Waals surface area contributed by atoms with E-state index in [2.05, 4.69) is 31.8 Å².